The second-order valence-electron chi connectivity index (χ2n) is 3.04. The van der Waals surface area contributed by atoms with E-state index in [4.69, 9.17) is 21.0 Å². The normalized spacial score (nSPS) is 11.8. The predicted molar refractivity (Wildman–Crippen MR) is 55.2 cm³/mol. The van der Waals surface area contributed by atoms with Crippen molar-refractivity contribution in [2.24, 2.45) is 5.73 Å². The van der Waals surface area contributed by atoms with Gasteiger partial charge in [0.15, 0.2) is 6.10 Å². The summed E-state index contributed by atoms with van der Waals surface area (Å²) in [6.45, 7) is 1.43. The maximum absolute atomic E-state index is 10.5. The minimum absolute atomic E-state index is 0.0802. The lowest BCUT2D eigenvalue weighted by molar-refractivity contribution is -0.144. The van der Waals surface area contributed by atoms with Gasteiger partial charge in [0.1, 0.15) is 11.6 Å². The van der Waals surface area contributed by atoms with Gasteiger partial charge in [-0.05, 0) is 19.1 Å². The summed E-state index contributed by atoms with van der Waals surface area (Å²) in [5.41, 5.74) is 5.79. The van der Waals surface area contributed by atoms with Crippen molar-refractivity contribution < 1.29 is 14.6 Å². The molecule has 4 N–H and O–H groups in total. The van der Waals surface area contributed by atoms with E-state index in [-0.39, 0.29) is 5.84 Å². The fraction of sp³-hybridized carbons (Fsp3) is 0.200. The van der Waals surface area contributed by atoms with Crippen LogP contribution in [0.4, 0.5) is 0 Å². The molecule has 0 aliphatic carbocycles. The Morgan fingerprint density at radius 1 is 1.60 bits per heavy atom. The average Bonchev–Trinajstić information content (AvgIpc) is 2.18. The van der Waals surface area contributed by atoms with E-state index in [1.807, 2.05) is 0 Å². The molecule has 0 aliphatic heterocycles. The summed E-state index contributed by atoms with van der Waals surface area (Å²) in [5, 5.41) is 15.8. The Morgan fingerprint density at radius 2 is 2.27 bits per heavy atom. The number of carboxylic acid groups (broad SMARTS) is 1. The largest absolute Gasteiger partial charge is 0.479 e. The number of benzene rings is 1. The molecule has 0 amide bonds. The number of hydrogen-bond acceptors (Lipinski definition) is 3. The van der Waals surface area contributed by atoms with Gasteiger partial charge in [-0.2, -0.15) is 0 Å². The summed E-state index contributed by atoms with van der Waals surface area (Å²) < 4.78 is 5.11. The number of ether oxygens (including phenoxy) is 1. The van der Waals surface area contributed by atoms with Crippen molar-refractivity contribution in [3.05, 3.63) is 29.8 Å². The van der Waals surface area contributed by atoms with Crippen LogP contribution in [0, 0.1) is 5.41 Å². The SMILES string of the molecule is CC(Oc1cccc(C(=N)N)c1)C(=O)O. The molecule has 80 valence electrons. The topological polar surface area (TPSA) is 96.4 Å². The number of rotatable bonds is 4. The molecule has 5 heteroatoms. The quantitative estimate of drug-likeness (QED) is 0.504. The van der Waals surface area contributed by atoms with Gasteiger partial charge in [0.2, 0.25) is 0 Å². The Balaban J connectivity index is 2.82. The van der Waals surface area contributed by atoms with Gasteiger partial charge in [0, 0.05) is 5.56 Å². The Morgan fingerprint density at radius 3 is 2.80 bits per heavy atom. The van der Waals surface area contributed by atoms with Crippen LogP contribution in [-0.4, -0.2) is 23.0 Å². The molecule has 15 heavy (non-hydrogen) atoms. The molecular formula is C10H12N2O3. The van der Waals surface area contributed by atoms with Gasteiger partial charge in [-0.25, -0.2) is 4.79 Å². The molecule has 0 fully saturated rings. The third-order valence-electron chi connectivity index (χ3n) is 1.81. The van der Waals surface area contributed by atoms with Crippen LogP contribution < -0.4 is 10.5 Å². The Bertz CT molecular complexity index is 390. The smallest absolute Gasteiger partial charge is 0.344 e. The average molecular weight is 208 g/mol. The van der Waals surface area contributed by atoms with Gasteiger partial charge in [-0.1, -0.05) is 12.1 Å². The third-order valence-corrected chi connectivity index (χ3v) is 1.81. The van der Waals surface area contributed by atoms with E-state index in [2.05, 4.69) is 0 Å². The summed E-state index contributed by atoms with van der Waals surface area (Å²) in [5.74, 6) is -0.732. The number of nitrogen functional groups attached to an aromatic ring is 1. The van der Waals surface area contributed by atoms with Crippen molar-refractivity contribution in [2.75, 3.05) is 0 Å². The molecule has 1 unspecified atom stereocenters. The predicted octanol–water partition coefficient (Wildman–Crippen LogP) is 0.823. The van der Waals surface area contributed by atoms with Crippen LogP contribution in [0.1, 0.15) is 12.5 Å². The van der Waals surface area contributed by atoms with E-state index >= 15 is 0 Å². The monoisotopic (exact) mass is 208 g/mol. The summed E-state index contributed by atoms with van der Waals surface area (Å²) in [4.78, 5) is 10.5. The number of hydrogen-bond donors (Lipinski definition) is 3. The fourth-order valence-electron chi connectivity index (χ4n) is 0.991. The lowest BCUT2D eigenvalue weighted by Crippen LogP contribution is -2.23. The van der Waals surface area contributed by atoms with Gasteiger partial charge >= 0.3 is 5.97 Å². The van der Waals surface area contributed by atoms with Crippen molar-refractivity contribution in [3.8, 4) is 5.75 Å². The third kappa shape index (κ3) is 2.98. The van der Waals surface area contributed by atoms with Gasteiger partial charge in [0.05, 0.1) is 0 Å². The molecule has 1 atom stereocenters. The van der Waals surface area contributed by atoms with E-state index in [1.54, 1.807) is 18.2 Å². The molecular weight excluding hydrogens is 196 g/mol. The Labute approximate surface area is 87.0 Å². The molecule has 1 aromatic carbocycles. The van der Waals surface area contributed by atoms with Crippen molar-refractivity contribution in [2.45, 2.75) is 13.0 Å². The molecule has 5 nitrogen and oxygen atoms in total. The van der Waals surface area contributed by atoms with Crippen LogP contribution in [0.5, 0.6) is 5.75 Å². The maximum Gasteiger partial charge on any atom is 0.344 e. The second-order valence-corrected chi connectivity index (χ2v) is 3.04. The Kier molecular flexibility index (Phi) is 3.28. The van der Waals surface area contributed by atoms with Crippen molar-refractivity contribution in [1.29, 1.82) is 5.41 Å². The highest BCUT2D eigenvalue weighted by molar-refractivity contribution is 5.95. The highest BCUT2D eigenvalue weighted by Crippen LogP contribution is 2.14. The van der Waals surface area contributed by atoms with E-state index in [9.17, 15) is 4.79 Å². The second kappa shape index (κ2) is 4.45. The van der Waals surface area contributed by atoms with E-state index < -0.39 is 12.1 Å². The van der Waals surface area contributed by atoms with E-state index in [1.165, 1.54) is 13.0 Å². The Hall–Kier alpha value is -2.04. The molecule has 0 saturated carbocycles. The van der Waals surface area contributed by atoms with Crippen LogP contribution >= 0.6 is 0 Å². The summed E-state index contributed by atoms with van der Waals surface area (Å²) in [6, 6.07) is 6.45. The molecule has 1 rings (SSSR count). The molecule has 0 aromatic heterocycles. The maximum atomic E-state index is 10.5. The first-order valence-corrected chi connectivity index (χ1v) is 4.34. The first-order chi connectivity index (χ1) is 7.00. The minimum Gasteiger partial charge on any atom is -0.479 e. The number of carbonyl (C=O) groups is 1. The number of nitrogens with one attached hydrogen (secondary N) is 1. The summed E-state index contributed by atoms with van der Waals surface area (Å²) in [6.07, 6.45) is -0.924. The number of amidine groups is 1. The molecule has 0 spiro atoms. The number of carboxylic acids is 1. The molecule has 1 aromatic rings. The van der Waals surface area contributed by atoms with Crippen molar-refractivity contribution in [1.82, 2.24) is 0 Å². The van der Waals surface area contributed by atoms with Crippen molar-refractivity contribution in [3.63, 3.8) is 0 Å². The minimum atomic E-state index is -1.04. The summed E-state index contributed by atoms with van der Waals surface area (Å²) >= 11 is 0. The van der Waals surface area contributed by atoms with Gasteiger partial charge in [-0.3, -0.25) is 5.41 Å². The molecule has 0 heterocycles. The number of aliphatic carboxylic acids is 1. The zero-order valence-electron chi connectivity index (χ0n) is 8.23. The van der Waals surface area contributed by atoms with Crippen LogP contribution in [0.25, 0.3) is 0 Å². The molecule has 0 radical (unpaired) electrons. The highest BCUT2D eigenvalue weighted by atomic mass is 16.5. The first kappa shape index (κ1) is 11.0. The summed E-state index contributed by atoms with van der Waals surface area (Å²) in [7, 11) is 0. The van der Waals surface area contributed by atoms with Crippen molar-refractivity contribution >= 4 is 11.8 Å². The zero-order chi connectivity index (χ0) is 11.4. The van der Waals surface area contributed by atoms with Gasteiger partial charge < -0.3 is 15.6 Å². The van der Waals surface area contributed by atoms with Crippen LogP contribution in [0.3, 0.4) is 0 Å². The van der Waals surface area contributed by atoms with E-state index in [0.717, 1.165) is 0 Å². The van der Waals surface area contributed by atoms with E-state index in [0.29, 0.717) is 11.3 Å². The first-order valence-electron chi connectivity index (χ1n) is 4.34. The number of nitrogens with two attached hydrogens (primary N) is 1. The zero-order valence-corrected chi connectivity index (χ0v) is 8.23. The highest BCUT2D eigenvalue weighted by Gasteiger charge is 2.12. The van der Waals surface area contributed by atoms with Crippen LogP contribution in [0.2, 0.25) is 0 Å². The van der Waals surface area contributed by atoms with Crippen LogP contribution in [0.15, 0.2) is 24.3 Å². The lowest BCUT2D eigenvalue weighted by Gasteiger charge is -2.10. The standard InChI is InChI=1S/C10H12N2O3/c1-6(10(13)14)15-8-4-2-3-7(5-8)9(11)12/h2-6H,1H3,(H3,11,12)(H,13,14). The van der Waals surface area contributed by atoms with Gasteiger partial charge in [0.25, 0.3) is 0 Å². The van der Waals surface area contributed by atoms with Crippen LogP contribution in [-0.2, 0) is 4.79 Å². The molecule has 0 aliphatic rings. The van der Waals surface area contributed by atoms with Gasteiger partial charge in [-0.15, -0.1) is 0 Å². The molecule has 0 saturated heterocycles. The fourth-order valence-corrected chi connectivity index (χ4v) is 0.991. The lowest BCUT2D eigenvalue weighted by atomic mass is 10.2. The molecule has 0 bridgehead atoms.